The van der Waals surface area contributed by atoms with E-state index in [0.29, 0.717) is 23.6 Å². The van der Waals surface area contributed by atoms with Crippen molar-refractivity contribution in [2.24, 2.45) is 17.4 Å². The highest BCUT2D eigenvalue weighted by Gasteiger charge is 2.21. The van der Waals surface area contributed by atoms with E-state index >= 15 is 0 Å². The molecule has 2 aromatic rings. The fourth-order valence-corrected chi connectivity index (χ4v) is 4.10. The predicted octanol–water partition coefficient (Wildman–Crippen LogP) is 3.15. The van der Waals surface area contributed by atoms with Crippen LogP contribution in [0.15, 0.2) is 42.2 Å². The Hall–Kier alpha value is -2.86. The summed E-state index contributed by atoms with van der Waals surface area (Å²) in [4.78, 5) is 15.2. The van der Waals surface area contributed by atoms with Crippen molar-refractivity contribution < 1.29 is 9.18 Å². The summed E-state index contributed by atoms with van der Waals surface area (Å²) < 4.78 is 14.4. The standard InChI is InChI=1S/C24H31FN4O/c1-15-5-4-6-20(25)21(15)18-7-8-19(16(2)13-18)22(23(26)27)24(30)28-14-17-9-11-29(3)12-10-17/h4-8,13,17H,9-12,14,26-27H2,1-3H3,(H,28,30). The van der Waals surface area contributed by atoms with Gasteiger partial charge in [-0.2, -0.15) is 0 Å². The van der Waals surface area contributed by atoms with Gasteiger partial charge in [-0.3, -0.25) is 4.79 Å². The van der Waals surface area contributed by atoms with Gasteiger partial charge in [0.1, 0.15) is 11.6 Å². The average Bonchev–Trinajstić information content (AvgIpc) is 2.69. The molecule has 1 amide bonds. The summed E-state index contributed by atoms with van der Waals surface area (Å²) in [6.45, 7) is 6.44. The highest BCUT2D eigenvalue weighted by molar-refractivity contribution is 6.20. The minimum absolute atomic E-state index is 0.0196. The zero-order valence-corrected chi connectivity index (χ0v) is 18.0. The highest BCUT2D eigenvalue weighted by atomic mass is 19.1. The molecule has 160 valence electrons. The van der Waals surface area contributed by atoms with Gasteiger partial charge in [-0.25, -0.2) is 4.39 Å². The summed E-state index contributed by atoms with van der Waals surface area (Å²) in [7, 11) is 2.11. The number of nitrogens with two attached hydrogens (primary N) is 2. The van der Waals surface area contributed by atoms with E-state index in [1.807, 2.05) is 26.0 Å². The van der Waals surface area contributed by atoms with Crippen LogP contribution in [-0.4, -0.2) is 37.5 Å². The smallest absolute Gasteiger partial charge is 0.255 e. The number of halogens is 1. The summed E-state index contributed by atoms with van der Waals surface area (Å²) in [5.74, 6) is -0.106. The number of amides is 1. The second-order valence-corrected chi connectivity index (χ2v) is 8.25. The Labute approximate surface area is 177 Å². The first-order chi connectivity index (χ1) is 14.3. The Balaban J connectivity index is 1.81. The molecule has 6 heteroatoms. The lowest BCUT2D eigenvalue weighted by atomic mass is 9.93. The Kier molecular flexibility index (Phi) is 6.77. The summed E-state index contributed by atoms with van der Waals surface area (Å²) in [6, 6.07) is 10.5. The molecular weight excluding hydrogens is 379 g/mol. The maximum Gasteiger partial charge on any atom is 0.255 e. The number of hydrogen-bond donors (Lipinski definition) is 3. The Morgan fingerprint density at radius 3 is 2.43 bits per heavy atom. The van der Waals surface area contributed by atoms with Crippen LogP contribution in [0.5, 0.6) is 0 Å². The van der Waals surface area contributed by atoms with Gasteiger partial charge in [0, 0.05) is 12.1 Å². The van der Waals surface area contributed by atoms with E-state index < -0.39 is 0 Å². The molecule has 0 bridgehead atoms. The molecule has 0 spiro atoms. The van der Waals surface area contributed by atoms with Crippen LogP contribution >= 0.6 is 0 Å². The molecule has 0 aliphatic carbocycles. The van der Waals surface area contributed by atoms with E-state index in [2.05, 4.69) is 17.3 Å². The van der Waals surface area contributed by atoms with Crippen molar-refractivity contribution in [3.8, 4) is 11.1 Å². The van der Waals surface area contributed by atoms with Gasteiger partial charge >= 0.3 is 0 Å². The van der Waals surface area contributed by atoms with E-state index in [-0.39, 0.29) is 23.1 Å². The molecule has 0 atom stereocenters. The van der Waals surface area contributed by atoms with Crippen molar-refractivity contribution in [3.05, 3.63) is 64.7 Å². The fraction of sp³-hybridized carbons (Fsp3) is 0.375. The average molecular weight is 411 g/mol. The van der Waals surface area contributed by atoms with E-state index in [9.17, 15) is 9.18 Å². The van der Waals surface area contributed by atoms with Gasteiger partial charge in [0.2, 0.25) is 0 Å². The van der Waals surface area contributed by atoms with Crippen LogP contribution in [0.2, 0.25) is 0 Å². The molecule has 30 heavy (non-hydrogen) atoms. The van der Waals surface area contributed by atoms with E-state index in [0.717, 1.165) is 42.6 Å². The summed E-state index contributed by atoms with van der Waals surface area (Å²) in [5.41, 5.74) is 15.7. The molecule has 2 aromatic carbocycles. The first kappa shape index (κ1) is 21.8. The highest BCUT2D eigenvalue weighted by Crippen LogP contribution is 2.30. The number of nitrogens with zero attached hydrogens (tertiary/aromatic N) is 1. The largest absolute Gasteiger partial charge is 0.385 e. The molecule has 0 radical (unpaired) electrons. The van der Waals surface area contributed by atoms with Gasteiger partial charge in [-0.1, -0.05) is 30.3 Å². The van der Waals surface area contributed by atoms with Gasteiger partial charge < -0.3 is 21.7 Å². The number of piperidine rings is 1. The minimum Gasteiger partial charge on any atom is -0.385 e. The second kappa shape index (κ2) is 9.30. The van der Waals surface area contributed by atoms with Crippen LogP contribution in [0, 0.1) is 25.6 Å². The number of rotatable bonds is 5. The quantitative estimate of drug-likeness (QED) is 0.661. The van der Waals surface area contributed by atoms with Crippen molar-refractivity contribution >= 4 is 11.5 Å². The van der Waals surface area contributed by atoms with Crippen molar-refractivity contribution in [1.29, 1.82) is 0 Å². The molecule has 0 saturated carbocycles. The lowest BCUT2D eigenvalue weighted by Crippen LogP contribution is -2.37. The van der Waals surface area contributed by atoms with E-state index in [1.165, 1.54) is 6.07 Å². The first-order valence-electron chi connectivity index (χ1n) is 10.4. The molecule has 5 nitrogen and oxygen atoms in total. The zero-order chi connectivity index (χ0) is 21.8. The van der Waals surface area contributed by atoms with Crippen LogP contribution in [0.3, 0.4) is 0 Å². The third-order valence-electron chi connectivity index (χ3n) is 5.91. The van der Waals surface area contributed by atoms with Gasteiger partial charge in [-0.15, -0.1) is 0 Å². The molecule has 1 heterocycles. The number of carbonyl (C=O) groups is 1. The van der Waals surface area contributed by atoms with Crippen LogP contribution in [0.1, 0.15) is 29.5 Å². The van der Waals surface area contributed by atoms with Crippen molar-refractivity contribution in [1.82, 2.24) is 10.2 Å². The number of benzene rings is 2. The number of hydrogen-bond acceptors (Lipinski definition) is 4. The number of carbonyl (C=O) groups excluding carboxylic acids is 1. The third-order valence-corrected chi connectivity index (χ3v) is 5.91. The molecule has 1 aliphatic heterocycles. The van der Waals surface area contributed by atoms with E-state index in [1.54, 1.807) is 18.2 Å². The van der Waals surface area contributed by atoms with Crippen LogP contribution in [0.25, 0.3) is 16.7 Å². The Morgan fingerprint density at radius 1 is 1.13 bits per heavy atom. The molecular formula is C24H31FN4O. The van der Waals surface area contributed by atoms with Crippen molar-refractivity contribution in [2.75, 3.05) is 26.7 Å². The number of nitrogens with one attached hydrogen (secondary N) is 1. The maximum absolute atomic E-state index is 14.4. The minimum atomic E-state index is -0.271. The fourth-order valence-electron chi connectivity index (χ4n) is 4.10. The second-order valence-electron chi connectivity index (χ2n) is 8.25. The molecule has 1 saturated heterocycles. The summed E-state index contributed by atoms with van der Waals surface area (Å²) in [5, 5.41) is 3.00. The lowest BCUT2D eigenvalue weighted by molar-refractivity contribution is -0.115. The molecule has 3 rings (SSSR count). The number of aryl methyl sites for hydroxylation is 2. The first-order valence-corrected chi connectivity index (χ1v) is 10.4. The topological polar surface area (TPSA) is 84.4 Å². The summed E-state index contributed by atoms with van der Waals surface area (Å²) >= 11 is 0. The van der Waals surface area contributed by atoms with Gasteiger partial charge in [0.05, 0.1) is 5.57 Å². The molecule has 1 fully saturated rings. The SMILES string of the molecule is Cc1cc(-c2c(C)cccc2F)ccc1C(C(=O)NCC1CCN(C)CC1)=C(N)N. The maximum atomic E-state index is 14.4. The molecule has 0 unspecified atom stereocenters. The normalized spacial score (nSPS) is 15.1. The van der Waals surface area contributed by atoms with Gasteiger partial charge in [0.15, 0.2) is 0 Å². The molecule has 5 N–H and O–H groups in total. The van der Waals surface area contributed by atoms with Crippen LogP contribution in [-0.2, 0) is 4.79 Å². The van der Waals surface area contributed by atoms with Crippen LogP contribution < -0.4 is 16.8 Å². The van der Waals surface area contributed by atoms with Crippen molar-refractivity contribution in [2.45, 2.75) is 26.7 Å². The third kappa shape index (κ3) is 4.82. The van der Waals surface area contributed by atoms with Crippen LogP contribution in [0.4, 0.5) is 4.39 Å². The monoisotopic (exact) mass is 410 g/mol. The van der Waals surface area contributed by atoms with E-state index in [4.69, 9.17) is 11.5 Å². The zero-order valence-electron chi connectivity index (χ0n) is 18.0. The van der Waals surface area contributed by atoms with Gasteiger partial charge in [-0.05, 0) is 81.1 Å². The summed E-state index contributed by atoms with van der Waals surface area (Å²) in [6.07, 6.45) is 2.12. The Morgan fingerprint density at radius 2 is 1.83 bits per heavy atom. The Bertz CT molecular complexity index is 937. The molecule has 1 aliphatic rings. The number of likely N-dealkylation sites (tertiary alicyclic amines) is 1. The molecule has 0 aromatic heterocycles. The lowest BCUT2D eigenvalue weighted by Gasteiger charge is -2.29. The predicted molar refractivity (Wildman–Crippen MR) is 120 cm³/mol. The van der Waals surface area contributed by atoms with Gasteiger partial charge in [0.25, 0.3) is 5.91 Å². The van der Waals surface area contributed by atoms with Crippen molar-refractivity contribution in [3.63, 3.8) is 0 Å².